The summed E-state index contributed by atoms with van der Waals surface area (Å²) in [6, 6.07) is 13.0. The van der Waals surface area contributed by atoms with Crippen molar-refractivity contribution >= 4 is 12.0 Å². The maximum atomic E-state index is 13.0. The second-order valence-corrected chi connectivity index (χ2v) is 9.19. The number of rotatable bonds is 6. The van der Waals surface area contributed by atoms with Gasteiger partial charge in [-0.15, -0.1) is 0 Å². The van der Waals surface area contributed by atoms with Gasteiger partial charge in [0.25, 0.3) is 0 Å². The molecule has 0 saturated carbocycles. The molecule has 31 heavy (non-hydrogen) atoms. The fourth-order valence-corrected chi connectivity index (χ4v) is 5.71. The zero-order chi connectivity index (χ0) is 21.1. The van der Waals surface area contributed by atoms with E-state index in [1.165, 1.54) is 5.56 Å². The van der Waals surface area contributed by atoms with Crippen molar-refractivity contribution in [3.63, 3.8) is 0 Å². The van der Waals surface area contributed by atoms with E-state index in [9.17, 15) is 4.79 Å². The first kappa shape index (κ1) is 20.5. The molecule has 3 aliphatic rings. The van der Waals surface area contributed by atoms with Crippen molar-refractivity contribution in [3.05, 3.63) is 60.4 Å². The standard InChI is InChI=1S/C25H32N4O2/c30-24(11-15-28-14-5-12-26-28)29-22-9-10-23(29)19-25(18-22)20-27(16-17-31-25)13-4-8-21-6-2-1-3-7-21/h1-8,12,14,22-23H,9-11,13,15-20H2/b8-4+/t22-,23+,25?. The monoisotopic (exact) mass is 420 g/mol. The molecule has 1 aromatic carbocycles. The van der Waals surface area contributed by atoms with E-state index in [0.29, 0.717) is 25.0 Å². The average molecular weight is 421 g/mol. The van der Waals surface area contributed by atoms with Gasteiger partial charge in [-0.25, -0.2) is 0 Å². The summed E-state index contributed by atoms with van der Waals surface area (Å²) in [5.74, 6) is 0.274. The lowest BCUT2D eigenvalue weighted by Gasteiger charge is -2.50. The minimum absolute atomic E-state index is 0.0938. The van der Waals surface area contributed by atoms with Crippen LogP contribution >= 0.6 is 0 Å². The molecule has 0 aliphatic carbocycles. The van der Waals surface area contributed by atoms with Crippen LogP contribution < -0.4 is 0 Å². The zero-order valence-corrected chi connectivity index (χ0v) is 18.1. The van der Waals surface area contributed by atoms with Crippen LogP contribution in [0.3, 0.4) is 0 Å². The van der Waals surface area contributed by atoms with Crippen LogP contribution in [0, 0.1) is 0 Å². The molecule has 3 aliphatic heterocycles. The van der Waals surface area contributed by atoms with E-state index in [1.54, 1.807) is 6.20 Å². The Bertz CT molecular complexity index is 882. The second kappa shape index (κ2) is 8.97. The van der Waals surface area contributed by atoms with Crippen molar-refractivity contribution in [1.82, 2.24) is 19.6 Å². The fraction of sp³-hybridized carbons (Fsp3) is 0.520. The molecule has 3 atom stereocenters. The number of benzene rings is 1. The number of aryl methyl sites for hydroxylation is 1. The number of hydrogen-bond donors (Lipinski definition) is 0. The summed E-state index contributed by atoms with van der Waals surface area (Å²) in [6.07, 6.45) is 12.8. The van der Waals surface area contributed by atoms with Gasteiger partial charge in [0.15, 0.2) is 0 Å². The highest BCUT2D eigenvalue weighted by atomic mass is 16.5. The molecule has 0 radical (unpaired) electrons. The molecule has 164 valence electrons. The Hall–Kier alpha value is -2.44. The largest absolute Gasteiger partial charge is 0.372 e. The summed E-state index contributed by atoms with van der Waals surface area (Å²) in [5.41, 5.74) is 1.15. The highest BCUT2D eigenvalue weighted by molar-refractivity contribution is 5.77. The number of piperidine rings is 1. The Morgan fingerprint density at radius 1 is 1.16 bits per heavy atom. The number of hydrogen-bond acceptors (Lipinski definition) is 4. The molecule has 5 rings (SSSR count). The minimum atomic E-state index is -0.0938. The maximum absolute atomic E-state index is 13.0. The number of amides is 1. The van der Waals surface area contributed by atoms with E-state index >= 15 is 0 Å². The van der Waals surface area contributed by atoms with Crippen LogP contribution in [0.15, 0.2) is 54.9 Å². The lowest BCUT2D eigenvalue weighted by molar-refractivity contribution is -0.161. The van der Waals surface area contributed by atoms with Crippen molar-refractivity contribution < 1.29 is 9.53 Å². The van der Waals surface area contributed by atoms with Crippen molar-refractivity contribution in [2.24, 2.45) is 0 Å². The molecule has 4 heterocycles. The summed E-state index contributed by atoms with van der Waals surface area (Å²) in [5, 5.41) is 4.22. The van der Waals surface area contributed by atoms with E-state index in [-0.39, 0.29) is 11.5 Å². The maximum Gasteiger partial charge on any atom is 0.224 e. The van der Waals surface area contributed by atoms with Gasteiger partial charge in [-0.1, -0.05) is 42.5 Å². The number of morpholine rings is 1. The molecule has 2 aromatic rings. The highest BCUT2D eigenvalue weighted by Gasteiger charge is 2.51. The molecule has 6 nitrogen and oxygen atoms in total. The Kier molecular flexibility index (Phi) is 5.92. The third kappa shape index (κ3) is 4.60. The third-order valence-corrected chi connectivity index (χ3v) is 7.04. The normalized spacial score (nSPS) is 28.6. The van der Waals surface area contributed by atoms with Crippen molar-refractivity contribution in [3.8, 4) is 0 Å². The van der Waals surface area contributed by atoms with Gasteiger partial charge in [0, 0.05) is 57.1 Å². The van der Waals surface area contributed by atoms with Crippen LogP contribution in [-0.2, 0) is 16.1 Å². The van der Waals surface area contributed by atoms with Crippen molar-refractivity contribution in [1.29, 1.82) is 0 Å². The summed E-state index contributed by atoms with van der Waals surface area (Å²) in [4.78, 5) is 17.7. The molecule has 2 bridgehead atoms. The van der Waals surface area contributed by atoms with Crippen molar-refractivity contribution in [2.75, 3.05) is 26.2 Å². The number of carbonyl (C=O) groups is 1. The molecular weight excluding hydrogens is 388 g/mol. The molecule has 1 spiro atoms. The van der Waals surface area contributed by atoms with Crippen molar-refractivity contribution in [2.45, 2.75) is 56.3 Å². The Morgan fingerprint density at radius 3 is 2.71 bits per heavy atom. The summed E-state index contributed by atoms with van der Waals surface area (Å²) >= 11 is 0. The highest BCUT2D eigenvalue weighted by Crippen LogP contribution is 2.44. The number of nitrogens with zero attached hydrogens (tertiary/aromatic N) is 4. The molecule has 6 heteroatoms. The lowest BCUT2D eigenvalue weighted by atomic mass is 9.84. The van der Waals surface area contributed by atoms with Gasteiger partial charge in [-0.2, -0.15) is 5.10 Å². The van der Waals surface area contributed by atoms with Gasteiger partial charge in [-0.05, 0) is 37.3 Å². The zero-order valence-electron chi connectivity index (χ0n) is 18.1. The molecule has 3 saturated heterocycles. The SMILES string of the molecule is O=C(CCn1cccn1)N1[C@@H]2CC[C@H]1CC1(C2)CN(C/C=C/c2ccccc2)CCO1. The Balaban J connectivity index is 1.18. The van der Waals surface area contributed by atoms with Crippen LogP contribution in [0.4, 0.5) is 0 Å². The van der Waals surface area contributed by atoms with Crippen LogP contribution in [0.1, 0.15) is 37.7 Å². The van der Waals surface area contributed by atoms with E-state index in [4.69, 9.17) is 4.74 Å². The van der Waals surface area contributed by atoms with Crippen LogP contribution in [0.25, 0.3) is 6.08 Å². The number of ether oxygens (including phenoxy) is 1. The first-order valence-electron chi connectivity index (χ1n) is 11.6. The summed E-state index contributed by atoms with van der Waals surface area (Å²) in [7, 11) is 0. The lowest BCUT2D eigenvalue weighted by Crippen LogP contribution is -2.60. The van der Waals surface area contributed by atoms with E-state index in [2.05, 4.69) is 51.3 Å². The van der Waals surface area contributed by atoms with Crippen LogP contribution in [0.2, 0.25) is 0 Å². The topological polar surface area (TPSA) is 50.6 Å². The van der Waals surface area contributed by atoms with Gasteiger partial charge in [0.05, 0.1) is 12.2 Å². The first-order chi connectivity index (χ1) is 15.2. The predicted octanol–water partition coefficient (Wildman–Crippen LogP) is 3.21. The molecular formula is C25H32N4O2. The fourth-order valence-electron chi connectivity index (χ4n) is 5.71. The van der Waals surface area contributed by atoms with Crippen LogP contribution in [-0.4, -0.2) is 69.4 Å². The Morgan fingerprint density at radius 2 is 1.97 bits per heavy atom. The molecule has 1 aromatic heterocycles. The number of carbonyl (C=O) groups excluding carboxylic acids is 1. The van der Waals surface area contributed by atoms with E-state index < -0.39 is 0 Å². The third-order valence-electron chi connectivity index (χ3n) is 7.04. The predicted molar refractivity (Wildman–Crippen MR) is 120 cm³/mol. The van der Waals surface area contributed by atoms with Gasteiger partial charge in [-0.3, -0.25) is 14.4 Å². The average Bonchev–Trinajstić information content (AvgIpc) is 3.40. The Labute approximate surface area is 184 Å². The molecule has 1 unspecified atom stereocenters. The van der Waals surface area contributed by atoms with E-state index in [0.717, 1.165) is 51.9 Å². The minimum Gasteiger partial charge on any atom is -0.372 e. The van der Waals surface area contributed by atoms with Gasteiger partial charge in [0.2, 0.25) is 5.91 Å². The molecule has 0 N–H and O–H groups in total. The number of fused-ring (bicyclic) bond motifs is 2. The molecule has 1 amide bonds. The van der Waals surface area contributed by atoms with E-state index in [1.807, 2.05) is 23.0 Å². The van der Waals surface area contributed by atoms with Gasteiger partial charge < -0.3 is 9.64 Å². The van der Waals surface area contributed by atoms with Gasteiger partial charge in [0.1, 0.15) is 0 Å². The van der Waals surface area contributed by atoms with Gasteiger partial charge >= 0.3 is 0 Å². The number of aromatic nitrogens is 2. The first-order valence-corrected chi connectivity index (χ1v) is 11.6. The quantitative estimate of drug-likeness (QED) is 0.720. The summed E-state index contributed by atoms with van der Waals surface area (Å²) < 4.78 is 8.25. The summed E-state index contributed by atoms with van der Waals surface area (Å²) in [6.45, 7) is 4.33. The van der Waals surface area contributed by atoms with Crippen LogP contribution in [0.5, 0.6) is 0 Å². The second-order valence-electron chi connectivity index (χ2n) is 9.19. The smallest absolute Gasteiger partial charge is 0.224 e. The molecule has 3 fully saturated rings.